The average Bonchev–Trinajstić information content (AvgIpc) is 3.48. The van der Waals surface area contributed by atoms with E-state index in [1.807, 2.05) is 41.4 Å². The summed E-state index contributed by atoms with van der Waals surface area (Å²) in [7, 11) is 0. The molecule has 2 aliphatic heterocycles. The van der Waals surface area contributed by atoms with Gasteiger partial charge in [0.1, 0.15) is 5.76 Å². The van der Waals surface area contributed by atoms with Crippen molar-refractivity contribution in [2.45, 2.75) is 38.4 Å². The number of likely N-dealkylation sites (tertiary alicyclic amines) is 1. The Balaban J connectivity index is 1.29. The molecule has 2 aliphatic rings. The van der Waals surface area contributed by atoms with Gasteiger partial charge in [0.05, 0.1) is 11.4 Å². The van der Waals surface area contributed by atoms with Crippen LogP contribution in [-0.2, 0) is 6.54 Å². The molecule has 0 spiro atoms. The quantitative estimate of drug-likeness (QED) is 0.458. The maximum absolute atomic E-state index is 13.2. The van der Waals surface area contributed by atoms with Gasteiger partial charge < -0.3 is 9.32 Å². The third-order valence-electron chi connectivity index (χ3n) is 6.73. The van der Waals surface area contributed by atoms with Crippen LogP contribution in [0.15, 0.2) is 53.5 Å². The van der Waals surface area contributed by atoms with E-state index in [1.54, 1.807) is 13.1 Å². The monoisotopic (exact) mass is 462 g/mol. The molecular formula is C24H23ClN6O2. The molecular weight excluding hydrogens is 440 g/mol. The van der Waals surface area contributed by atoms with E-state index in [1.165, 1.54) is 6.39 Å². The Morgan fingerprint density at radius 3 is 2.61 bits per heavy atom. The minimum absolute atomic E-state index is 0.0192. The summed E-state index contributed by atoms with van der Waals surface area (Å²) in [5.41, 5.74) is 3.44. The first-order valence-electron chi connectivity index (χ1n) is 11.1. The Morgan fingerprint density at radius 2 is 1.91 bits per heavy atom. The van der Waals surface area contributed by atoms with Gasteiger partial charge in [-0.25, -0.2) is 15.0 Å². The van der Waals surface area contributed by atoms with Crippen molar-refractivity contribution in [2.24, 2.45) is 0 Å². The number of aryl methyl sites for hydroxylation is 1. The van der Waals surface area contributed by atoms with Gasteiger partial charge >= 0.3 is 0 Å². The fraction of sp³-hybridized carbons (Fsp3) is 0.333. The summed E-state index contributed by atoms with van der Waals surface area (Å²) in [6.07, 6.45) is 7.11. The molecule has 0 radical (unpaired) electrons. The number of piperazine rings is 1. The molecule has 0 aliphatic carbocycles. The highest BCUT2D eigenvalue weighted by Crippen LogP contribution is 2.34. The van der Waals surface area contributed by atoms with Crippen molar-refractivity contribution in [3.63, 3.8) is 0 Å². The van der Waals surface area contributed by atoms with Crippen LogP contribution >= 0.6 is 11.6 Å². The van der Waals surface area contributed by atoms with Crippen LogP contribution < -0.4 is 0 Å². The van der Waals surface area contributed by atoms with Gasteiger partial charge in [0.15, 0.2) is 12.1 Å². The second-order valence-corrected chi connectivity index (χ2v) is 9.19. The van der Waals surface area contributed by atoms with Crippen LogP contribution in [0.4, 0.5) is 0 Å². The standard InChI is InChI=1S/C24H23ClN6O2/c1-15-21(27-14-33-15)23(32)31-18-7-8-19(31)12-29(11-18)13-20-22(16-3-5-17(25)6-4-16)28-24-26-9-2-10-30(20)24/h2-6,9-10,14,18-19H,7-8,11-13H2,1H3. The zero-order chi connectivity index (χ0) is 22.5. The van der Waals surface area contributed by atoms with Crippen molar-refractivity contribution in [1.29, 1.82) is 0 Å². The highest BCUT2D eigenvalue weighted by molar-refractivity contribution is 6.30. The number of hydrogen-bond acceptors (Lipinski definition) is 6. The number of oxazole rings is 1. The van der Waals surface area contributed by atoms with Crippen LogP contribution in [0.2, 0.25) is 5.02 Å². The van der Waals surface area contributed by atoms with Crippen molar-refractivity contribution in [1.82, 2.24) is 29.2 Å². The number of hydrogen-bond donors (Lipinski definition) is 0. The maximum atomic E-state index is 13.2. The third-order valence-corrected chi connectivity index (χ3v) is 6.99. The zero-order valence-corrected chi connectivity index (χ0v) is 18.9. The molecule has 3 aromatic heterocycles. The molecule has 2 fully saturated rings. The fourth-order valence-electron chi connectivity index (χ4n) is 5.22. The highest BCUT2D eigenvalue weighted by Gasteiger charge is 2.44. The van der Waals surface area contributed by atoms with Crippen LogP contribution in [-0.4, -0.2) is 60.2 Å². The summed E-state index contributed by atoms with van der Waals surface area (Å²) in [6.45, 7) is 4.14. The lowest BCUT2D eigenvalue weighted by Crippen LogP contribution is -2.55. The van der Waals surface area contributed by atoms with E-state index in [4.69, 9.17) is 21.0 Å². The Morgan fingerprint density at radius 1 is 1.15 bits per heavy atom. The number of rotatable bonds is 4. The molecule has 33 heavy (non-hydrogen) atoms. The predicted molar refractivity (Wildman–Crippen MR) is 123 cm³/mol. The van der Waals surface area contributed by atoms with Crippen molar-refractivity contribution >= 4 is 23.3 Å². The first kappa shape index (κ1) is 20.4. The summed E-state index contributed by atoms with van der Waals surface area (Å²) in [4.78, 5) is 31.0. The van der Waals surface area contributed by atoms with Crippen molar-refractivity contribution in [3.8, 4) is 11.3 Å². The first-order chi connectivity index (χ1) is 16.1. The maximum Gasteiger partial charge on any atom is 0.276 e. The van der Waals surface area contributed by atoms with Gasteiger partial charge in [-0.1, -0.05) is 23.7 Å². The number of carbonyl (C=O) groups excluding carboxylic acids is 1. The molecule has 8 nitrogen and oxygen atoms in total. The number of fused-ring (bicyclic) bond motifs is 3. The van der Waals surface area contributed by atoms with Gasteiger partial charge in [-0.15, -0.1) is 0 Å². The molecule has 1 amide bonds. The fourth-order valence-corrected chi connectivity index (χ4v) is 5.35. The van der Waals surface area contributed by atoms with Crippen molar-refractivity contribution in [2.75, 3.05) is 13.1 Å². The molecule has 9 heteroatoms. The molecule has 2 bridgehead atoms. The van der Waals surface area contributed by atoms with Gasteiger partial charge in [0.25, 0.3) is 5.91 Å². The Bertz CT molecular complexity index is 1320. The summed E-state index contributed by atoms with van der Waals surface area (Å²) in [5.74, 6) is 1.23. The normalized spacial score (nSPS) is 20.6. The molecule has 2 saturated heterocycles. The highest BCUT2D eigenvalue weighted by atomic mass is 35.5. The van der Waals surface area contributed by atoms with Gasteiger partial charge in [-0.3, -0.25) is 14.1 Å². The van der Waals surface area contributed by atoms with Crippen LogP contribution in [0.25, 0.3) is 17.0 Å². The Labute approximate surface area is 195 Å². The molecule has 168 valence electrons. The molecule has 0 N–H and O–H groups in total. The van der Waals surface area contributed by atoms with Crippen LogP contribution in [0.5, 0.6) is 0 Å². The number of imidazole rings is 1. The summed E-state index contributed by atoms with van der Waals surface area (Å²) < 4.78 is 7.33. The molecule has 1 aromatic carbocycles. The molecule has 6 rings (SSSR count). The molecule has 2 atom stereocenters. The number of carbonyl (C=O) groups is 1. The minimum atomic E-state index is -0.0192. The SMILES string of the molecule is Cc1ocnc1C(=O)N1C2CCC1CN(Cc1c(-c3ccc(Cl)cc3)nc3ncccn13)C2. The van der Waals surface area contributed by atoms with Crippen molar-refractivity contribution in [3.05, 3.63) is 71.3 Å². The minimum Gasteiger partial charge on any atom is -0.448 e. The van der Waals surface area contributed by atoms with Crippen LogP contribution in [0.1, 0.15) is 34.8 Å². The predicted octanol–water partition coefficient (Wildman–Crippen LogP) is 3.84. The average molecular weight is 463 g/mol. The van der Waals surface area contributed by atoms with Crippen LogP contribution in [0.3, 0.4) is 0 Å². The largest absolute Gasteiger partial charge is 0.448 e. The molecule has 4 aromatic rings. The number of aromatic nitrogens is 4. The van der Waals surface area contributed by atoms with E-state index in [-0.39, 0.29) is 18.0 Å². The second-order valence-electron chi connectivity index (χ2n) is 8.75. The summed E-state index contributed by atoms with van der Waals surface area (Å²) in [5, 5.41) is 0.696. The topological polar surface area (TPSA) is 79.8 Å². The second kappa shape index (κ2) is 7.97. The summed E-state index contributed by atoms with van der Waals surface area (Å²) >= 11 is 6.11. The molecule has 2 unspecified atom stereocenters. The van der Waals surface area contributed by atoms with E-state index in [2.05, 4.69) is 19.3 Å². The number of benzene rings is 1. The van der Waals surface area contributed by atoms with Gasteiger partial charge in [0, 0.05) is 54.7 Å². The lowest BCUT2D eigenvalue weighted by Gasteiger charge is -2.40. The third kappa shape index (κ3) is 3.50. The Kier molecular flexibility index (Phi) is 4.92. The summed E-state index contributed by atoms with van der Waals surface area (Å²) in [6, 6.07) is 10.0. The smallest absolute Gasteiger partial charge is 0.276 e. The lowest BCUT2D eigenvalue weighted by molar-refractivity contribution is 0.0396. The Hall–Kier alpha value is -3.23. The number of nitrogens with zero attached hydrogens (tertiary/aromatic N) is 6. The van der Waals surface area contributed by atoms with Crippen molar-refractivity contribution < 1.29 is 9.21 Å². The van der Waals surface area contributed by atoms with E-state index in [9.17, 15) is 4.79 Å². The first-order valence-corrected chi connectivity index (χ1v) is 11.5. The van der Waals surface area contributed by atoms with E-state index >= 15 is 0 Å². The van der Waals surface area contributed by atoms with E-state index in [0.717, 1.165) is 49.4 Å². The molecule has 0 saturated carbocycles. The van der Waals surface area contributed by atoms with E-state index in [0.29, 0.717) is 22.3 Å². The van der Waals surface area contributed by atoms with Crippen LogP contribution in [0, 0.1) is 6.92 Å². The number of halogens is 1. The van der Waals surface area contributed by atoms with Gasteiger partial charge in [-0.2, -0.15) is 0 Å². The zero-order valence-electron chi connectivity index (χ0n) is 18.2. The van der Waals surface area contributed by atoms with Gasteiger partial charge in [-0.05, 0) is 38.0 Å². The van der Waals surface area contributed by atoms with E-state index < -0.39 is 0 Å². The lowest BCUT2D eigenvalue weighted by atomic mass is 10.1. The molecule has 5 heterocycles. The number of amides is 1. The van der Waals surface area contributed by atoms with Gasteiger partial charge in [0.2, 0.25) is 5.78 Å².